The summed E-state index contributed by atoms with van der Waals surface area (Å²) in [6.07, 6.45) is -0.796. The van der Waals surface area contributed by atoms with Gasteiger partial charge in [-0.1, -0.05) is 0 Å². The third-order valence-electron chi connectivity index (χ3n) is 4.73. The molecule has 1 aliphatic rings. The molecule has 0 amide bonds. The van der Waals surface area contributed by atoms with Crippen molar-refractivity contribution in [2.24, 2.45) is 5.92 Å². The van der Waals surface area contributed by atoms with Gasteiger partial charge in [-0.3, -0.25) is 4.98 Å². The molecule has 0 radical (unpaired) electrons. The van der Waals surface area contributed by atoms with Crippen LogP contribution in [0.15, 0.2) is 18.5 Å². The van der Waals surface area contributed by atoms with Crippen molar-refractivity contribution in [3.63, 3.8) is 0 Å². The van der Waals surface area contributed by atoms with Crippen molar-refractivity contribution in [3.8, 4) is 5.82 Å². The fraction of sp³-hybridized carbons (Fsp3) is 0.588. The highest BCUT2D eigenvalue weighted by molar-refractivity contribution is 5.37. The molecular weight excluding hydrogens is 347 g/mol. The molecular formula is C17H22F3N5O. The van der Waals surface area contributed by atoms with Gasteiger partial charge in [0, 0.05) is 12.2 Å². The second-order valence-electron chi connectivity index (χ2n) is 7.01. The number of nitrogens with one attached hydrogen (secondary N) is 1. The van der Waals surface area contributed by atoms with Crippen molar-refractivity contribution in [1.29, 1.82) is 0 Å². The first-order chi connectivity index (χ1) is 12.2. The molecule has 0 aromatic carbocycles. The number of nitrogens with zero attached hydrogens (tertiary/aromatic N) is 4. The van der Waals surface area contributed by atoms with Crippen LogP contribution in [-0.4, -0.2) is 43.2 Å². The predicted octanol–water partition coefficient (Wildman–Crippen LogP) is 3.17. The highest BCUT2D eigenvalue weighted by Crippen LogP contribution is 2.41. The second kappa shape index (κ2) is 6.86. The van der Waals surface area contributed by atoms with Gasteiger partial charge in [0.15, 0.2) is 5.82 Å². The standard InChI is InChI=1S/C17H22F3N5O/c1-11-6-12(2)25(24-11)15-9-21-8-14(23-15)22-10-16(26)5-3-4-13(7-16)17(18,19)20/h6,8-9,13,26H,3-5,7,10H2,1-2H3,(H,22,23). The van der Waals surface area contributed by atoms with Crippen molar-refractivity contribution < 1.29 is 18.3 Å². The van der Waals surface area contributed by atoms with Crippen LogP contribution >= 0.6 is 0 Å². The zero-order valence-corrected chi connectivity index (χ0v) is 14.7. The minimum absolute atomic E-state index is 0.00513. The number of aryl methyl sites for hydroxylation is 2. The van der Waals surface area contributed by atoms with E-state index in [9.17, 15) is 18.3 Å². The third kappa shape index (κ3) is 4.14. The number of hydrogen-bond donors (Lipinski definition) is 2. The van der Waals surface area contributed by atoms with E-state index in [-0.39, 0.29) is 19.4 Å². The Labute approximate surface area is 149 Å². The fourth-order valence-electron chi connectivity index (χ4n) is 3.44. The van der Waals surface area contributed by atoms with Crippen molar-refractivity contribution in [3.05, 3.63) is 29.8 Å². The maximum atomic E-state index is 13.0. The summed E-state index contributed by atoms with van der Waals surface area (Å²) >= 11 is 0. The maximum absolute atomic E-state index is 13.0. The number of rotatable bonds is 4. The zero-order valence-electron chi connectivity index (χ0n) is 14.7. The van der Waals surface area contributed by atoms with Crippen LogP contribution in [0, 0.1) is 19.8 Å². The van der Waals surface area contributed by atoms with Crippen LogP contribution < -0.4 is 5.32 Å². The lowest BCUT2D eigenvalue weighted by Gasteiger charge is -2.37. The first-order valence-corrected chi connectivity index (χ1v) is 8.55. The molecule has 26 heavy (non-hydrogen) atoms. The van der Waals surface area contributed by atoms with E-state index >= 15 is 0 Å². The van der Waals surface area contributed by atoms with Crippen LogP contribution in [0.2, 0.25) is 0 Å². The van der Waals surface area contributed by atoms with Crippen molar-refractivity contribution in [2.45, 2.75) is 51.3 Å². The molecule has 6 nitrogen and oxygen atoms in total. The Morgan fingerprint density at radius 2 is 2.12 bits per heavy atom. The van der Waals surface area contributed by atoms with E-state index in [1.807, 2.05) is 19.9 Å². The van der Waals surface area contributed by atoms with Gasteiger partial charge in [-0.2, -0.15) is 18.3 Å². The molecule has 1 saturated carbocycles. The average molecular weight is 369 g/mol. The monoisotopic (exact) mass is 369 g/mol. The predicted molar refractivity (Wildman–Crippen MR) is 90.1 cm³/mol. The van der Waals surface area contributed by atoms with Gasteiger partial charge >= 0.3 is 6.18 Å². The Morgan fingerprint density at radius 3 is 2.77 bits per heavy atom. The minimum atomic E-state index is -4.27. The van der Waals surface area contributed by atoms with E-state index in [1.54, 1.807) is 10.9 Å². The van der Waals surface area contributed by atoms with Crippen molar-refractivity contribution >= 4 is 5.82 Å². The third-order valence-corrected chi connectivity index (χ3v) is 4.73. The second-order valence-corrected chi connectivity index (χ2v) is 7.01. The topological polar surface area (TPSA) is 75.9 Å². The number of anilines is 1. The molecule has 3 rings (SSSR count). The van der Waals surface area contributed by atoms with Gasteiger partial charge < -0.3 is 10.4 Å². The Balaban J connectivity index is 1.70. The number of hydrogen-bond acceptors (Lipinski definition) is 5. The maximum Gasteiger partial charge on any atom is 0.391 e. The summed E-state index contributed by atoms with van der Waals surface area (Å²) in [5.41, 5.74) is 0.333. The largest absolute Gasteiger partial charge is 0.391 e. The first-order valence-electron chi connectivity index (χ1n) is 8.55. The molecule has 142 valence electrons. The number of alkyl halides is 3. The van der Waals surface area contributed by atoms with Crippen LogP contribution in [-0.2, 0) is 0 Å². The normalized spacial score (nSPS) is 23.8. The lowest BCUT2D eigenvalue weighted by Crippen LogP contribution is -2.45. The molecule has 9 heteroatoms. The average Bonchev–Trinajstić information content (AvgIpc) is 2.91. The minimum Gasteiger partial charge on any atom is -0.388 e. The zero-order chi connectivity index (χ0) is 18.9. The Morgan fingerprint density at radius 1 is 1.35 bits per heavy atom. The van der Waals surface area contributed by atoms with Crippen molar-refractivity contribution in [1.82, 2.24) is 19.7 Å². The molecule has 2 heterocycles. The SMILES string of the molecule is Cc1cc(C)n(-c2cncc(NCC3(O)CCCC(C(F)(F)F)C3)n2)n1. The molecule has 1 aliphatic carbocycles. The Kier molecular flexibility index (Phi) is 4.92. The van der Waals surface area contributed by atoms with Gasteiger partial charge in [0.1, 0.15) is 5.82 Å². The quantitative estimate of drug-likeness (QED) is 0.866. The molecule has 2 aromatic heterocycles. The van der Waals surface area contributed by atoms with Gasteiger partial charge in [-0.15, -0.1) is 0 Å². The molecule has 0 saturated heterocycles. The van der Waals surface area contributed by atoms with Gasteiger partial charge in [0.05, 0.1) is 29.6 Å². The van der Waals surface area contributed by atoms with Gasteiger partial charge in [-0.25, -0.2) is 9.67 Å². The summed E-state index contributed by atoms with van der Waals surface area (Å²) < 4.78 is 40.5. The van der Waals surface area contributed by atoms with E-state index in [4.69, 9.17) is 0 Å². The molecule has 0 spiro atoms. The highest BCUT2D eigenvalue weighted by Gasteiger charge is 2.46. The summed E-state index contributed by atoms with van der Waals surface area (Å²) in [7, 11) is 0. The van der Waals surface area contributed by atoms with E-state index in [2.05, 4.69) is 20.4 Å². The molecule has 2 unspecified atom stereocenters. The highest BCUT2D eigenvalue weighted by atomic mass is 19.4. The molecule has 0 bridgehead atoms. The van der Waals surface area contributed by atoms with E-state index in [0.717, 1.165) is 11.4 Å². The number of aliphatic hydroxyl groups is 1. The van der Waals surface area contributed by atoms with Crippen LogP contribution in [0.25, 0.3) is 5.82 Å². The summed E-state index contributed by atoms with van der Waals surface area (Å²) in [6, 6.07) is 1.91. The van der Waals surface area contributed by atoms with Gasteiger partial charge in [-0.05, 0) is 45.6 Å². The van der Waals surface area contributed by atoms with Crippen LogP contribution in [0.4, 0.5) is 19.0 Å². The Hall–Kier alpha value is -2.16. The number of halogens is 3. The smallest absolute Gasteiger partial charge is 0.388 e. The van der Waals surface area contributed by atoms with Gasteiger partial charge in [0.2, 0.25) is 0 Å². The van der Waals surface area contributed by atoms with Crippen LogP contribution in [0.5, 0.6) is 0 Å². The lowest BCUT2D eigenvalue weighted by molar-refractivity contribution is -0.199. The molecule has 2 aromatic rings. The molecule has 1 fully saturated rings. The summed E-state index contributed by atoms with van der Waals surface area (Å²) in [6.45, 7) is 3.76. The fourth-order valence-corrected chi connectivity index (χ4v) is 3.44. The van der Waals surface area contributed by atoms with Crippen LogP contribution in [0.1, 0.15) is 37.1 Å². The lowest BCUT2D eigenvalue weighted by atomic mass is 9.77. The summed E-state index contributed by atoms with van der Waals surface area (Å²) in [5.74, 6) is -0.572. The number of aromatic nitrogens is 4. The Bertz CT molecular complexity index is 776. The van der Waals surface area contributed by atoms with E-state index < -0.39 is 17.7 Å². The first kappa shape index (κ1) is 18.6. The summed E-state index contributed by atoms with van der Waals surface area (Å²) in [4.78, 5) is 8.50. The molecule has 0 aliphatic heterocycles. The van der Waals surface area contributed by atoms with Crippen molar-refractivity contribution in [2.75, 3.05) is 11.9 Å². The molecule has 2 atom stereocenters. The van der Waals surface area contributed by atoms with Crippen LogP contribution in [0.3, 0.4) is 0 Å². The van der Waals surface area contributed by atoms with E-state index in [1.165, 1.54) is 6.20 Å². The molecule has 2 N–H and O–H groups in total. The van der Waals surface area contributed by atoms with E-state index in [0.29, 0.717) is 24.5 Å². The summed E-state index contributed by atoms with van der Waals surface area (Å²) in [5, 5.41) is 17.8. The van der Waals surface area contributed by atoms with Gasteiger partial charge in [0.25, 0.3) is 0 Å².